The van der Waals surface area contributed by atoms with Crippen LogP contribution in [0.25, 0.3) is 22.9 Å². The zero-order valence-corrected chi connectivity index (χ0v) is 39.3. The first kappa shape index (κ1) is 56.9. The van der Waals surface area contributed by atoms with Crippen molar-refractivity contribution in [3.8, 4) is 0 Å². The lowest BCUT2D eigenvalue weighted by atomic mass is 10.0. The van der Waals surface area contributed by atoms with Gasteiger partial charge in [0.15, 0.2) is 0 Å². The Morgan fingerprint density at radius 2 is 0.483 bits per heavy atom. The lowest BCUT2D eigenvalue weighted by Gasteiger charge is -2.03. The average Bonchev–Trinajstić information content (AvgIpc) is 3.33. The van der Waals surface area contributed by atoms with Gasteiger partial charge in [0.25, 0.3) is 0 Å². The molecule has 0 saturated heterocycles. The van der Waals surface area contributed by atoms with Crippen LogP contribution in [0.4, 0.5) is 0 Å². The highest BCUT2D eigenvalue weighted by molar-refractivity contribution is 5.82. The van der Waals surface area contributed by atoms with E-state index in [-0.39, 0.29) is 0 Å². The van der Waals surface area contributed by atoms with Crippen LogP contribution in [0.5, 0.6) is 0 Å². The first-order valence-electron chi connectivity index (χ1n) is 21.9. The third-order valence-corrected chi connectivity index (χ3v) is 7.32. The smallest absolute Gasteiger partial charge is 0.00258 e. The van der Waals surface area contributed by atoms with Crippen LogP contribution < -0.4 is 0 Å². The molecule has 0 saturated carbocycles. The Balaban J connectivity index is -0.000000653. The predicted molar refractivity (Wildman–Crippen MR) is 270 cm³/mol. The summed E-state index contributed by atoms with van der Waals surface area (Å²) >= 11 is 0. The maximum Gasteiger partial charge on any atom is -0.00258 e. The molecule has 7 aromatic carbocycles. The van der Waals surface area contributed by atoms with Gasteiger partial charge in [-0.1, -0.05) is 300 Å². The standard InChI is InChI=1S/C15H16.C14H12.C10H8.C7H8.6C2H6/c1-12-3-7-14(8-4-12)11-15-9-5-13(2)6-10-15;1-3-7-13(8-4-1)11-12-14-9-5-2-6-10-14;1-2-6-10-8-4-3-7-9(10)5-1;1-7-5-3-2-4-6-7;6*1-2/h3-10H,11H2,1-2H3;1-12H;1-8H;2-6H,1H3;6*1-2H3/b;12-11+;;;;;;;;. The Bertz CT molecular complexity index is 1680. The zero-order chi connectivity index (χ0) is 44.2. The van der Waals surface area contributed by atoms with E-state index in [2.05, 4.69) is 166 Å². The van der Waals surface area contributed by atoms with E-state index in [1.165, 1.54) is 49.7 Å². The molecule has 0 aliphatic rings. The van der Waals surface area contributed by atoms with Gasteiger partial charge >= 0.3 is 0 Å². The lowest BCUT2D eigenvalue weighted by Crippen LogP contribution is -1.88. The van der Waals surface area contributed by atoms with Gasteiger partial charge < -0.3 is 0 Å². The van der Waals surface area contributed by atoms with E-state index in [0.717, 1.165) is 6.42 Å². The highest BCUT2D eigenvalue weighted by Crippen LogP contribution is 2.12. The highest BCUT2D eigenvalue weighted by atomic mass is 14.0. The van der Waals surface area contributed by atoms with E-state index in [0.29, 0.717) is 0 Å². The van der Waals surface area contributed by atoms with E-state index in [4.69, 9.17) is 0 Å². The molecule has 0 aliphatic heterocycles. The van der Waals surface area contributed by atoms with Crippen LogP contribution in [0, 0.1) is 20.8 Å². The second-order valence-electron chi connectivity index (χ2n) is 11.3. The van der Waals surface area contributed by atoms with Crippen molar-refractivity contribution in [1.82, 2.24) is 0 Å². The van der Waals surface area contributed by atoms with Crippen molar-refractivity contribution in [1.29, 1.82) is 0 Å². The maximum absolute atomic E-state index is 2.20. The van der Waals surface area contributed by atoms with Crippen molar-refractivity contribution in [3.05, 3.63) is 227 Å². The summed E-state index contributed by atoms with van der Waals surface area (Å²) in [4.78, 5) is 0. The van der Waals surface area contributed by atoms with Gasteiger partial charge in [-0.15, -0.1) is 0 Å². The van der Waals surface area contributed by atoms with Crippen molar-refractivity contribution in [2.24, 2.45) is 0 Å². The molecule has 7 rings (SSSR count). The van der Waals surface area contributed by atoms with Crippen molar-refractivity contribution in [3.63, 3.8) is 0 Å². The molecule has 7 aromatic rings. The molecule has 0 atom stereocenters. The zero-order valence-electron chi connectivity index (χ0n) is 39.3. The molecular formula is C58H80. The summed E-state index contributed by atoms with van der Waals surface area (Å²) in [5.41, 5.74) is 9.19. The van der Waals surface area contributed by atoms with Crippen molar-refractivity contribution >= 4 is 22.9 Å². The summed E-state index contributed by atoms with van der Waals surface area (Å²) in [6, 6.07) is 65.1. The fourth-order valence-corrected chi connectivity index (χ4v) is 4.64. The number of rotatable bonds is 4. The van der Waals surface area contributed by atoms with E-state index in [1.54, 1.807) is 0 Å². The van der Waals surface area contributed by atoms with Gasteiger partial charge in [-0.3, -0.25) is 0 Å². The van der Waals surface area contributed by atoms with Crippen molar-refractivity contribution in [2.75, 3.05) is 0 Å². The summed E-state index contributed by atoms with van der Waals surface area (Å²) in [6.07, 6.45) is 5.27. The first-order chi connectivity index (χ1) is 28.5. The molecule has 0 nitrogen and oxygen atoms in total. The van der Waals surface area contributed by atoms with Gasteiger partial charge in [0.1, 0.15) is 0 Å². The summed E-state index contributed by atoms with van der Waals surface area (Å²) in [5, 5.41) is 2.62. The Morgan fingerprint density at radius 1 is 0.259 bits per heavy atom. The fraction of sp³-hybridized carbons (Fsp3) is 0.276. The molecule has 312 valence electrons. The molecule has 0 heteroatoms. The molecular weight excluding hydrogens is 697 g/mol. The van der Waals surface area contributed by atoms with Gasteiger partial charge in [-0.05, 0) is 60.2 Å². The molecule has 0 aliphatic carbocycles. The molecule has 0 fully saturated rings. The Morgan fingerprint density at radius 3 is 0.724 bits per heavy atom. The topological polar surface area (TPSA) is 0 Å². The van der Waals surface area contributed by atoms with Crippen LogP contribution >= 0.6 is 0 Å². The number of hydrogen-bond acceptors (Lipinski definition) is 0. The molecule has 0 N–H and O–H groups in total. The predicted octanol–water partition coefficient (Wildman–Crippen LogP) is 18.7. The van der Waals surface area contributed by atoms with Crippen LogP contribution in [0.15, 0.2) is 188 Å². The van der Waals surface area contributed by atoms with Crippen LogP contribution in [0.1, 0.15) is 122 Å². The van der Waals surface area contributed by atoms with Gasteiger partial charge in [0, 0.05) is 0 Å². The van der Waals surface area contributed by atoms with Crippen LogP contribution in [0.3, 0.4) is 0 Å². The maximum atomic E-state index is 2.20. The Hall–Kier alpha value is -5.46. The van der Waals surface area contributed by atoms with Gasteiger partial charge in [-0.2, -0.15) is 0 Å². The van der Waals surface area contributed by atoms with E-state index < -0.39 is 0 Å². The van der Waals surface area contributed by atoms with Crippen LogP contribution in [0.2, 0.25) is 0 Å². The summed E-state index contributed by atoms with van der Waals surface area (Å²) in [6.45, 7) is 30.3. The van der Waals surface area contributed by atoms with Gasteiger partial charge in [0.2, 0.25) is 0 Å². The summed E-state index contributed by atoms with van der Waals surface area (Å²) < 4.78 is 0. The molecule has 0 spiro atoms. The number of hydrogen-bond donors (Lipinski definition) is 0. The molecule has 0 unspecified atom stereocenters. The number of benzene rings is 7. The largest absolute Gasteiger partial charge is 0.0683 e. The summed E-state index contributed by atoms with van der Waals surface area (Å²) in [5.74, 6) is 0. The normalized spacial score (nSPS) is 8.60. The minimum Gasteiger partial charge on any atom is -0.0683 e. The monoisotopic (exact) mass is 777 g/mol. The summed E-state index contributed by atoms with van der Waals surface area (Å²) in [7, 11) is 0. The van der Waals surface area contributed by atoms with Crippen LogP contribution in [-0.4, -0.2) is 0 Å². The molecule has 0 heterocycles. The second kappa shape index (κ2) is 42.7. The quantitative estimate of drug-likeness (QED) is 0.156. The number of fused-ring (bicyclic) bond motifs is 1. The Kier molecular flexibility index (Phi) is 41.8. The fourth-order valence-electron chi connectivity index (χ4n) is 4.64. The van der Waals surface area contributed by atoms with E-state index in [9.17, 15) is 0 Å². The van der Waals surface area contributed by atoms with Crippen LogP contribution in [-0.2, 0) is 6.42 Å². The molecule has 0 aromatic heterocycles. The minimum absolute atomic E-state index is 1.03. The lowest BCUT2D eigenvalue weighted by molar-refractivity contribution is 1.18. The molecule has 0 amide bonds. The third-order valence-electron chi connectivity index (χ3n) is 7.32. The van der Waals surface area contributed by atoms with Crippen molar-refractivity contribution in [2.45, 2.75) is 110 Å². The van der Waals surface area contributed by atoms with Gasteiger partial charge in [0.05, 0.1) is 0 Å². The second-order valence-corrected chi connectivity index (χ2v) is 11.3. The Labute approximate surface area is 358 Å². The van der Waals surface area contributed by atoms with E-state index in [1.807, 2.05) is 138 Å². The average molecular weight is 777 g/mol. The SMILES string of the molecule is C(=C\c1ccccc1)/c1ccccc1.CC.CC.CC.CC.CC.CC.Cc1ccc(Cc2ccc(C)cc2)cc1.Cc1ccccc1.c1ccc2ccccc2c1. The van der Waals surface area contributed by atoms with Gasteiger partial charge in [-0.25, -0.2) is 0 Å². The first-order valence-corrected chi connectivity index (χ1v) is 21.9. The third kappa shape index (κ3) is 28.9. The minimum atomic E-state index is 1.03. The highest BCUT2D eigenvalue weighted by Gasteiger charge is 1.95. The molecule has 58 heavy (non-hydrogen) atoms. The van der Waals surface area contributed by atoms with Crippen molar-refractivity contribution < 1.29 is 0 Å². The molecule has 0 bridgehead atoms. The van der Waals surface area contributed by atoms with E-state index >= 15 is 0 Å². The number of aryl methyl sites for hydroxylation is 3. The molecule has 0 radical (unpaired) electrons.